The van der Waals surface area contributed by atoms with Crippen molar-refractivity contribution in [1.82, 2.24) is 13.5 Å². The summed E-state index contributed by atoms with van der Waals surface area (Å²) >= 11 is 0. The standard InChI is InChI=1S/C22H23N5O2S/c23-17-8-13-26(14-9-17)21-16-27(20-7-4-10-24-22(20)21)30(28,29)19-6-3-5-18(15-19)25-11-1-2-12-25/h1-7,10-12,15-17H,8-9,13-14,23H2. The van der Waals surface area contributed by atoms with E-state index < -0.39 is 10.0 Å². The fourth-order valence-corrected chi connectivity index (χ4v) is 5.40. The van der Waals surface area contributed by atoms with Crippen LogP contribution in [-0.2, 0) is 10.0 Å². The fraction of sp³-hybridized carbons (Fsp3) is 0.227. The van der Waals surface area contributed by atoms with Gasteiger partial charge in [-0.3, -0.25) is 4.98 Å². The number of piperidine rings is 1. The van der Waals surface area contributed by atoms with E-state index in [0.29, 0.717) is 11.0 Å². The number of rotatable bonds is 4. The lowest BCUT2D eigenvalue weighted by molar-refractivity contribution is 0.502. The Hall–Kier alpha value is -3.10. The summed E-state index contributed by atoms with van der Waals surface area (Å²) in [6, 6.07) is 14.5. The minimum absolute atomic E-state index is 0.197. The highest BCUT2D eigenvalue weighted by Crippen LogP contribution is 2.32. The zero-order valence-corrected chi connectivity index (χ0v) is 17.2. The van der Waals surface area contributed by atoms with Gasteiger partial charge in [0, 0.05) is 49.6 Å². The summed E-state index contributed by atoms with van der Waals surface area (Å²) in [6.45, 7) is 1.58. The van der Waals surface area contributed by atoms with Gasteiger partial charge in [0.2, 0.25) is 0 Å². The molecule has 2 N–H and O–H groups in total. The van der Waals surface area contributed by atoms with Gasteiger partial charge in [-0.2, -0.15) is 0 Å². The minimum atomic E-state index is -3.80. The molecule has 1 aliphatic rings. The fourth-order valence-electron chi connectivity index (χ4n) is 4.01. The van der Waals surface area contributed by atoms with Crippen molar-refractivity contribution in [2.24, 2.45) is 5.73 Å². The molecule has 1 saturated heterocycles. The SMILES string of the molecule is NC1CCN(c2cn(S(=O)(=O)c3cccc(-n4cccc4)c3)c3cccnc23)CC1. The molecule has 0 spiro atoms. The number of nitrogens with two attached hydrogens (primary N) is 1. The van der Waals surface area contributed by atoms with Gasteiger partial charge in [0.25, 0.3) is 10.0 Å². The number of benzene rings is 1. The summed E-state index contributed by atoms with van der Waals surface area (Å²) in [6.07, 6.45) is 8.94. The van der Waals surface area contributed by atoms with Gasteiger partial charge in [0.05, 0.1) is 16.1 Å². The number of fused-ring (bicyclic) bond motifs is 1. The van der Waals surface area contributed by atoms with Gasteiger partial charge in [0.15, 0.2) is 0 Å². The first-order valence-corrected chi connectivity index (χ1v) is 11.4. The summed E-state index contributed by atoms with van der Waals surface area (Å²) in [5.41, 5.74) is 8.95. The second kappa shape index (κ2) is 7.30. The third kappa shape index (κ3) is 3.18. The van der Waals surface area contributed by atoms with E-state index in [0.717, 1.165) is 37.3 Å². The van der Waals surface area contributed by atoms with E-state index in [2.05, 4.69) is 9.88 Å². The Morgan fingerprint density at radius 2 is 1.77 bits per heavy atom. The third-order valence-electron chi connectivity index (χ3n) is 5.66. The van der Waals surface area contributed by atoms with Crippen LogP contribution >= 0.6 is 0 Å². The molecule has 0 saturated carbocycles. The van der Waals surface area contributed by atoms with Crippen molar-refractivity contribution < 1.29 is 8.42 Å². The Bertz CT molecular complexity index is 1290. The molecule has 8 heteroatoms. The number of hydrogen-bond acceptors (Lipinski definition) is 5. The molecule has 0 bridgehead atoms. The van der Waals surface area contributed by atoms with Gasteiger partial charge in [-0.25, -0.2) is 12.4 Å². The highest BCUT2D eigenvalue weighted by Gasteiger charge is 2.26. The quantitative estimate of drug-likeness (QED) is 0.547. The Morgan fingerprint density at radius 1 is 1.00 bits per heavy atom. The van der Waals surface area contributed by atoms with Crippen LogP contribution in [0.25, 0.3) is 16.7 Å². The van der Waals surface area contributed by atoms with Gasteiger partial charge in [-0.1, -0.05) is 6.07 Å². The predicted octanol–water partition coefficient (Wildman–Crippen LogP) is 2.99. The Morgan fingerprint density at radius 3 is 2.53 bits per heavy atom. The van der Waals surface area contributed by atoms with E-state index in [1.165, 1.54) is 3.97 Å². The van der Waals surface area contributed by atoms with Crippen LogP contribution in [-0.4, -0.2) is 41.1 Å². The number of pyridine rings is 1. The van der Waals surface area contributed by atoms with Crippen molar-refractivity contribution in [2.45, 2.75) is 23.8 Å². The predicted molar refractivity (Wildman–Crippen MR) is 118 cm³/mol. The summed E-state index contributed by atoms with van der Waals surface area (Å²) in [7, 11) is -3.80. The normalized spacial score (nSPS) is 15.7. The lowest BCUT2D eigenvalue weighted by Crippen LogP contribution is -2.39. The molecule has 4 aromatic rings. The molecule has 0 unspecified atom stereocenters. The first-order valence-electron chi connectivity index (χ1n) is 9.99. The molecule has 0 aliphatic carbocycles. The molecular formula is C22H23N5O2S. The molecule has 1 fully saturated rings. The van der Waals surface area contributed by atoms with E-state index in [-0.39, 0.29) is 10.9 Å². The topological polar surface area (TPSA) is 86.1 Å². The van der Waals surface area contributed by atoms with E-state index in [9.17, 15) is 8.42 Å². The van der Waals surface area contributed by atoms with Crippen LogP contribution in [0.2, 0.25) is 0 Å². The highest BCUT2D eigenvalue weighted by molar-refractivity contribution is 7.90. The summed E-state index contributed by atoms with van der Waals surface area (Å²) < 4.78 is 30.5. The minimum Gasteiger partial charge on any atom is -0.368 e. The zero-order chi connectivity index (χ0) is 20.7. The Labute approximate surface area is 175 Å². The van der Waals surface area contributed by atoms with E-state index in [1.807, 2.05) is 35.2 Å². The van der Waals surface area contributed by atoms with Crippen LogP contribution in [0.5, 0.6) is 0 Å². The Kier molecular flexibility index (Phi) is 4.60. The maximum atomic E-state index is 13.6. The van der Waals surface area contributed by atoms with Crippen molar-refractivity contribution in [3.8, 4) is 5.69 Å². The lowest BCUT2D eigenvalue weighted by atomic mass is 10.1. The average molecular weight is 422 g/mol. The maximum absolute atomic E-state index is 13.6. The molecule has 5 rings (SSSR count). The zero-order valence-electron chi connectivity index (χ0n) is 16.4. The number of aromatic nitrogens is 3. The van der Waals surface area contributed by atoms with E-state index >= 15 is 0 Å². The molecule has 4 heterocycles. The molecule has 1 aliphatic heterocycles. The first-order chi connectivity index (χ1) is 14.5. The largest absolute Gasteiger partial charge is 0.368 e. The van der Waals surface area contributed by atoms with Gasteiger partial charge in [0.1, 0.15) is 5.52 Å². The Balaban J connectivity index is 1.62. The van der Waals surface area contributed by atoms with Crippen molar-refractivity contribution in [3.63, 3.8) is 0 Å². The maximum Gasteiger partial charge on any atom is 0.268 e. The third-order valence-corrected chi connectivity index (χ3v) is 7.33. The van der Waals surface area contributed by atoms with Crippen LogP contribution in [0.15, 0.2) is 78.2 Å². The van der Waals surface area contributed by atoms with Crippen molar-refractivity contribution in [3.05, 3.63) is 73.3 Å². The van der Waals surface area contributed by atoms with Crippen molar-refractivity contribution in [2.75, 3.05) is 18.0 Å². The highest BCUT2D eigenvalue weighted by atomic mass is 32.2. The van der Waals surface area contributed by atoms with Gasteiger partial charge in [-0.15, -0.1) is 0 Å². The van der Waals surface area contributed by atoms with Crippen molar-refractivity contribution >= 4 is 26.7 Å². The van der Waals surface area contributed by atoms with Gasteiger partial charge >= 0.3 is 0 Å². The monoisotopic (exact) mass is 421 g/mol. The van der Waals surface area contributed by atoms with Crippen LogP contribution in [0.1, 0.15) is 12.8 Å². The molecule has 0 amide bonds. The smallest absolute Gasteiger partial charge is 0.268 e. The molecule has 30 heavy (non-hydrogen) atoms. The molecule has 3 aromatic heterocycles. The van der Waals surface area contributed by atoms with Crippen LogP contribution < -0.4 is 10.6 Å². The summed E-state index contributed by atoms with van der Waals surface area (Å²) in [5.74, 6) is 0. The lowest BCUT2D eigenvalue weighted by Gasteiger charge is -2.31. The van der Waals surface area contributed by atoms with Crippen LogP contribution in [0.4, 0.5) is 5.69 Å². The second-order valence-corrected chi connectivity index (χ2v) is 9.41. The molecule has 154 valence electrons. The second-order valence-electron chi connectivity index (χ2n) is 7.60. The number of hydrogen-bond donors (Lipinski definition) is 1. The van der Waals surface area contributed by atoms with Gasteiger partial charge < -0.3 is 15.2 Å². The molecule has 7 nitrogen and oxygen atoms in total. The van der Waals surface area contributed by atoms with Crippen molar-refractivity contribution in [1.29, 1.82) is 0 Å². The van der Waals surface area contributed by atoms with E-state index in [4.69, 9.17) is 5.73 Å². The molecule has 0 atom stereocenters. The molecule has 0 radical (unpaired) electrons. The van der Waals surface area contributed by atoms with E-state index in [1.54, 1.807) is 42.7 Å². The number of nitrogens with zero attached hydrogens (tertiary/aromatic N) is 4. The molecular weight excluding hydrogens is 398 g/mol. The number of anilines is 1. The van der Waals surface area contributed by atoms with Gasteiger partial charge in [-0.05, 0) is 55.3 Å². The molecule has 1 aromatic carbocycles. The summed E-state index contributed by atoms with van der Waals surface area (Å²) in [4.78, 5) is 6.92. The van der Waals surface area contributed by atoms with Crippen LogP contribution in [0.3, 0.4) is 0 Å². The first kappa shape index (κ1) is 18.9. The summed E-state index contributed by atoms with van der Waals surface area (Å²) in [5, 5.41) is 0. The average Bonchev–Trinajstić information content (AvgIpc) is 3.43. The van der Waals surface area contributed by atoms with Crippen LogP contribution in [0, 0.1) is 0 Å².